The van der Waals surface area contributed by atoms with Crippen molar-refractivity contribution in [2.45, 2.75) is 18.9 Å². The molecule has 0 radical (unpaired) electrons. The first-order valence-electron chi connectivity index (χ1n) is 6.89. The Hall–Kier alpha value is -2.34. The van der Waals surface area contributed by atoms with Gasteiger partial charge in [-0.3, -0.25) is 9.89 Å². The molecule has 2 aromatic rings. The van der Waals surface area contributed by atoms with Gasteiger partial charge in [0.2, 0.25) is 0 Å². The van der Waals surface area contributed by atoms with Crippen molar-refractivity contribution < 1.29 is 14.7 Å². The molecule has 1 atom stereocenters. The molecular weight excluding hydrogens is 306 g/mol. The summed E-state index contributed by atoms with van der Waals surface area (Å²) in [5.74, 6) is -1.44. The number of benzene rings is 1. The van der Waals surface area contributed by atoms with Gasteiger partial charge in [0.15, 0.2) is 0 Å². The van der Waals surface area contributed by atoms with E-state index in [-0.39, 0.29) is 11.6 Å². The number of aromatic nitrogens is 2. The molecule has 0 saturated heterocycles. The van der Waals surface area contributed by atoms with Crippen LogP contribution in [0.25, 0.3) is 11.3 Å². The van der Waals surface area contributed by atoms with Gasteiger partial charge in [-0.25, -0.2) is 4.79 Å². The van der Waals surface area contributed by atoms with Crippen molar-refractivity contribution in [1.29, 1.82) is 0 Å². The van der Waals surface area contributed by atoms with Crippen molar-refractivity contribution in [3.63, 3.8) is 0 Å². The predicted molar refractivity (Wildman–Crippen MR) is 80.6 cm³/mol. The summed E-state index contributed by atoms with van der Waals surface area (Å²) in [5.41, 5.74) is 1.65. The maximum Gasteiger partial charge on any atom is 0.326 e. The molecule has 1 aromatic carbocycles. The molecule has 1 aromatic heterocycles. The standard InChI is InChI=1S/C15H14ClN3O3/c16-10-5-3-8(4-6-10)11-7-12(19-18-11)14(20)17-13(15(21)22)9-1-2-9/h3-7,9,13H,1-2H2,(H,17,20)(H,18,19)(H,21,22). The minimum atomic E-state index is -1.01. The Balaban J connectivity index is 1.74. The highest BCUT2D eigenvalue weighted by Gasteiger charge is 2.37. The first-order chi connectivity index (χ1) is 10.5. The Bertz CT molecular complexity index is 707. The van der Waals surface area contributed by atoms with Crippen LogP contribution in [0.5, 0.6) is 0 Å². The third-order valence-corrected chi connectivity index (χ3v) is 3.86. The largest absolute Gasteiger partial charge is 0.480 e. The van der Waals surface area contributed by atoms with Crippen LogP contribution in [0.2, 0.25) is 5.02 Å². The van der Waals surface area contributed by atoms with Gasteiger partial charge in [0.1, 0.15) is 11.7 Å². The Morgan fingerprint density at radius 2 is 2.00 bits per heavy atom. The Morgan fingerprint density at radius 1 is 1.32 bits per heavy atom. The third-order valence-electron chi connectivity index (χ3n) is 3.61. The van der Waals surface area contributed by atoms with E-state index in [1.54, 1.807) is 30.3 Å². The van der Waals surface area contributed by atoms with E-state index >= 15 is 0 Å². The normalized spacial score (nSPS) is 15.3. The van der Waals surface area contributed by atoms with Gasteiger partial charge in [-0.15, -0.1) is 0 Å². The van der Waals surface area contributed by atoms with Crippen molar-refractivity contribution in [3.05, 3.63) is 41.0 Å². The van der Waals surface area contributed by atoms with Crippen LogP contribution in [0, 0.1) is 5.92 Å². The number of carboxylic acid groups (broad SMARTS) is 1. The second-order valence-corrected chi connectivity index (χ2v) is 5.74. The molecule has 1 aliphatic rings. The van der Waals surface area contributed by atoms with Crippen molar-refractivity contribution in [2.75, 3.05) is 0 Å². The quantitative estimate of drug-likeness (QED) is 0.788. The second-order valence-electron chi connectivity index (χ2n) is 5.30. The van der Waals surface area contributed by atoms with Crippen LogP contribution < -0.4 is 5.32 Å². The Labute approximate surface area is 131 Å². The molecule has 1 fully saturated rings. The van der Waals surface area contributed by atoms with Gasteiger partial charge in [0.25, 0.3) is 5.91 Å². The third kappa shape index (κ3) is 3.12. The number of aromatic amines is 1. The first kappa shape index (κ1) is 14.6. The van der Waals surface area contributed by atoms with Crippen molar-refractivity contribution >= 4 is 23.5 Å². The minimum Gasteiger partial charge on any atom is -0.480 e. The van der Waals surface area contributed by atoms with Crippen LogP contribution in [0.4, 0.5) is 0 Å². The fourth-order valence-corrected chi connectivity index (χ4v) is 2.36. The zero-order chi connectivity index (χ0) is 15.7. The Kier molecular flexibility index (Phi) is 3.85. The maximum absolute atomic E-state index is 12.1. The molecule has 6 nitrogen and oxygen atoms in total. The molecule has 1 amide bonds. The zero-order valence-electron chi connectivity index (χ0n) is 11.5. The number of hydrogen-bond donors (Lipinski definition) is 3. The molecule has 0 spiro atoms. The monoisotopic (exact) mass is 319 g/mol. The lowest BCUT2D eigenvalue weighted by atomic mass is 10.1. The molecule has 3 N–H and O–H groups in total. The molecule has 1 aliphatic carbocycles. The highest BCUT2D eigenvalue weighted by atomic mass is 35.5. The minimum absolute atomic E-state index is 0.0279. The van der Waals surface area contributed by atoms with E-state index in [0.29, 0.717) is 10.7 Å². The second kappa shape index (κ2) is 5.81. The van der Waals surface area contributed by atoms with E-state index in [1.807, 2.05) is 0 Å². The number of aliphatic carboxylic acids is 1. The van der Waals surface area contributed by atoms with E-state index in [2.05, 4.69) is 15.5 Å². The topological polar surface area (TPSA) is 95.1 Å². The summed E-state index contributed by atoms with van der Waals surface area (Å²) in [5, 5.41) is 19.0. The number of H-pyrrole nitrogens is 1. The number of amides is 1. The van der Waals surface area contributed by atoms with Crippen LogP contribution in [-0.4, -0.2) is 33.2 Å². The van der Waals surface area contributed by atoms with Crippen molar-refractivity contribution in [2.24, 2.45) is 5.92 Å². The van der Waals surface area contributed by atoms with Crippen LogP contribution in [0.15, 0.2) is 30.3 Å². The summed E-state index contributed by atoms with van der Waals surface area (Å²) in [6.45, 7) is 0. The summed E-state index contributed by atoms with van der Waals surface area (Å²) >= 11 is 5.83. The number of hydrogen-bond acceptors (Lipinski definition) is 3. The molecule has 1 unspecified atom stereocenters. The van der Waals surface area contributed by atoms with E-state index in [9.17, 15) is 9.59 Å². The molecule has 7 heteroatoms. The summed E-state index contributed by atoms with van der Waals surface area (Å²) < 4.78 is 0. The van der Waals surface area contributed by atoms with Gasteiger partial charge in [-0.05, 0) is 37.0 Å². The predicted octanol–water partition coefficient (Wildman–Crippen LogP) is 2.32. The maximum atomic E-state index is 12.1. The van der Waals surface area contributed by atoms with Gasteiger partial charge >= 0.3 is 5.97 Å². The highest BCUT2D eigenvalue weighted by molar-refractivity contribution is 6.30. The average molecular weight is 320 g/mol. The number of carbonyl (C=O) groups excluding carboxylic acids is 1. The summed E-state index contributed by atoms with van der Waals surface area (Å²) in [7, 11) is 0. The number of nitrogens with one attached hydrogen (secondary N) is 2. The van der Waals surface area contributed by atoms with E-state index < -0.39 is 17.9 Å². The van der Waals surface area contributed by atoms with Gasteiger partial charge in [0.05, 0.1) is 5.69 Å². The zero-order valence-corrected chi connectivity index (χ0v) is 12.3. The molecule has 22 heavy (non-hydrogen) atoms. The SMILES string of the molecule is O=C(NC(C(=O)O)C1CC1)c1cc(-c2ccc(Cl)cc2)n[nH]1. The highest BCUT2D eigenvalue weighted by Crippen LogP contribution is 2.32. The molecule has 3 rings (SSSR count). The molecule has 0 bridgehead atoms. The van der Waals surface area contributed by atoms with E-state index in [1.165, 1.54) is 0 Å². The fraction of sp³-hybridized carbons (Fsp3) is 0.267. The van der Waals surface area contributed by atoms with Crippen LogP contribution >= 0.6 is 11.6 Å². The summed E-state index contributed by atoms with van der Waals surface area (Å²) in [6, 6.07) is 7.81. The number of halogens is 1. The number of rotatable bonds is 5. The lowest BCUT2D eigenvalue weighted by molar-refractivity contribution is -0.139. The molecule has 1 saturated carbocycles. The molecule has 0 aliphatic heterocycles. The average Bonchev–Trinajstić information content (AvgIpc) is 3.21. The van der Waals surface area contributed by atoms with Crippen LogP contribution in [0.3, 0.4) is 0 Å². The van der Waals surface area contributed by atoms with Crippen molar-refractivity contribution in [3.8, 4) is 11.3 Å². The fourth-order valence-electron chi connectivity index (χ4n) is 2.24. The van der Waals surface area contributed by atoms with Gasteiger partial charge in [-0.1, -0.05) is 23.7 Å². The lowest BCUT2D eigenvalue weighted by Gasteiger charge is -2.12. The van der Waals surface area contributed by atoms with E-state index in [0.717, 1.165) is 18.4 Å². The molecule has 1 heterocycles. The van der Waals surface area contributed by atoms with E-state index in [4.69, 9.17) is 16.7 Å². The van der Waals surface area contributed by atoms with Crippen LogP contribution in [-0.2, 0) is 4.79 Å². The van der Waals surface area contributed by atoms with Crippen molar-refractivity contribution in [1.82, 2.24) is 15.5 Å². The lowest BCUT2D eigenvalue weighted by Crippen LogP contribution is -2.42. The number of carbonyl (C=O) groups is 2. The molecular formula is C15H14ClN3O3. The van der Waals surface area contributed by atoms with Crippen LogP contribution in [0.1, 0.15) is 23.3 Å². The van der Waals surface area contributed by atoms with Gasteiger partial charge in [-0.2, -0.15) is 5.10 Å². The summed E-state index contributed by atoms with van der Waals surface area (Å²) in [4.78, 5) is 23.3. The number of nitrogens with zero attached hydrogens (tertiary/aromatic N) is 1. The smallest absolute Gasteiger partial charge is 0.326 e. The molecule has 114 valence electrons. The number of carboxylic acids is 1. The van der Waals surface area contributed by atoms with Gasteiger partial charge in [0, 0.05) is 10.6 Å². The Morgan fingerprint density at radius 3 is 2.59 bits per heavy atom. The van der Waals surface area contributed by atoms with Gasteiger partial charge < -0.3 is 10.4 Å². The summed E-state index contributed by atoms with van der Waals surface area (Å²) in [6.07, 6.45) is 1.66. The first-order valence-corrected chi connectivity index (χ1v) is 7.27.